The van der Waals surface area contributed by atoms with E-state index in [-0.39, 0.29) is 41.6 Å². The molecule has 0 unspecified atom stereocenters. The zero-order valence-corrected chi connectivity index (χ0v) is 25.4. The molecule has 3 aromatic heterocycles. The molecule has 8 rings (SSSR count). The average molecular weight is 609 g/mol. The lowest BCUT2D eigenvalue weighted by atomic mass is 9.91. The van der Waals surface area contributed by atoms with E-state index in [4.69, 9.17) is 9.52 Å². The van der Waals surface area contributed by atoms with Gasteiger partial charge >= 0.3 is 0 Å². The number of nitrogens with one attached hydrogen (secondary N) is 3. The predicted molar refractivity (Wildman–Crippen MR) is 167 cm³/mol. The molecule has 2 aliphatic heterocycles. The van der Waals surface area contributed by atoms with Crippen molar-refractivity contribution >= 4 is 34.7 Å². The number of fused-ring (bicyclic) bond motifs is 3. The molecule has 2 amide bonds. The number of hydrogen-bond acceptors (Lipinski definition) is 10. The van der Waals surface area contributed by atoms with Gasteiger partial charge in [-0.3, -0.25) is 19.2 Å². The van der Waals surface area contributed by atoms with Gasteiger partial charge in [-0.05, 0) is 38.2 Å². The number of rotatable bonds is 10. The van der Waals surface area contributed by atoms with Crippen LogP contribution in [0.2, 0.25) is 0 Å². The van der Waals surface area contributed by atoms with E-state index in [2.05, 4.69) is 65.7 Å². The predicted octanol–water partition coefficient (Wildman–Crippen LogP) is 4.27. The van der Waals surface area contributed by atoms with Crippen LogP contribution in [0.15, 0.2) is 47.3 Å². The van der Waals surface area contributed by atoms with Crippen molar-refractivity contribution in [1.82, 2.24) is 35.2 Å². The van der Waals surface area contributed by atoms with Gasteiger partial charge in [0.2, 0.25) is 11.8 Å². The highest BCUT2D eigenvalue weighted by Gasteiger charge is 2.38. The molecule has 0 radical (unpaired) electrons. The van der Waals surface area contributed by atoms with Crippen molar-refractivity contribution < 1.29 is 14.0 Å². The molecule has 4 aromatic rings. The van der Waals surface area contributed by atoms with Gasteiger partial charge in [-0.2, -0.15) is 5.10 Å². The first-order valence-electron chi connectivity index (χ1n) is 15.8. The van der Waals surface area contributed by atoms with Crippen LogP contribution in [0.4, 0.5) is 22.9 Å². The number of benzene rings is 1. The zero-order valence-electron chi connectivity index (χ0n) is 25.4. The minimum Gasteiger partial charge on any atom is -0.448 e. The fraction of sp³-hybridized carbons (Fsp3) is 0.438. The van der Waals surface area contributed by atoms with Crippen molar-refractivity contribution in [2.45, 2.75) is 63.7 Å². The summed E-state index contributed by atoms with van der Waals surface area (Å²) < 4.78 is 7.64. The standard InChI is InChI=1S/C32H36N10O3/c1-3-25-30-22(14-34-42(30)20-15-41(16-20)17-27-33-11-12-45-27)21-5-4-6-23(29(21)40(25)2)36-24-13-26(37-31(43)18-7-8-18)38-39-28(24)32(44)35-19-9-10-19/h4-6,11-14,18-20,25H,3,7-10,15-17H2,1-2H3,(H,35,44)(H2,36,37,38,43)/t25-/m0/s1. The van der Waals surface area contributed by atoms with E-state index in [1.807, 2.05) is 18.3 Å². The van der Waals surface area contributed by atoms with Crippen LogP contribution in [0.5, 0.6) is 0 Å². The molecule has 1 saturated heterocycles. The number of carbonyl (C=O) groups is 2. The first kappa shape index (κ1) is 27.7. The fourth-order valence-corrected chi connectivity index (χ4v) is 6.52. The fourth-order valence-electron chi connectivity index (χ4n) is 6.52. The van der Waals surface area contributed by atoms with Crippen LogP contribution in [-0.2, 0) is 11.3 Å². The molecule has 1 aromatic carbocycles. The number of para-hydroxylation sites is 1. The molecule has 0 spiro atoms. The number of anilines is 4. The molecule has 5 heterocycles. The summed E-state index contributed by atoms with van der Waals surface area (Å²) in [5, 5.41) is 22.8. The maximum absolute atomic E-state index is 13.2. The van der Waals surface area contributed by atoms with Crippen molar-refractivity contribution in [1.29, 1.82) is 0 Å². The monoisotopic (exact) mass is 608 g/mol. The zero-order chi connectivity index (χ0) is 30.7. The first-order valence-corrected chi connectivity index (χ1v) is 15.8. The third-order valence-electron chi connectivity index (χ3n) is 9.20. The molecule has 0 bridgehead atoms. The van der Waals surface area contributed by atoms with Gasteiger partial charge < -0.3 is 25.3 Å². The number of oxazole rings is 1. The van der Waals surface area contributed by atoms with E-state index >= 15 is 0 Å². The molecule has 4 aliphatic rings. The number of amides is 2. The second-order valence-corrected chi connectivity index (χ2v) is 12.5. The van der Waals surface area contributed by atoms with Crippen molar-refractivity contribution in [2.75, 3.05) is 35.7 Å². The summed E-state index contributed by atoms with van der Waals surface area (Å²) in [5.41, 5.74) is 5.93. The third-order valence-corrected chi connectivity index (χ3v) is 9.20. The van der Waals surface area contributed by atoms with Crippen LogP contribution in [0.1, 0.15) is 73.2 Å². The highest BCUT2D eigenvalue weighted by Crippen LogP contribution is 2.50. The van der Waals surface area contributed by atoms with Gasteiger partial charge in [0.1, 0.15) is 6.26 Å². The summed E-state index contributed by atoms with van der Waals surface area (Å²) in [7, 11) is 2.11. The molecule has 2 saturated carbocycles. The second-order valence-electron chi connectivity index (χ2n) is 12.5. The SMILES string of the molecule is CC[C@H]1c2c(cnn2C2CN(Cc3ncco3)C2)-c2cccc(Nc3cc(NC(=O)C4CC4)nnc3C(=O)NC3CC3)c2N1C. The van der Waals surface area contributed by atoms with Gasteiger partial charge in [0.05, 0.1) is 53.8 Å². The van der Waals surface area contributed by atoms with E-state index in [9.17, 15) is 9.59 Å². The molecule has 1 atom stereocenters. The Labute approximate surface area is 260 Å². The van der Waals surface area contributed by atoms with Crippen LogP contribution in [0.25, 0.3) is 11.1 Å². The summed E-state index contributed by atoms with van der Waals surface area (Å²) in [6, 6.07) is 8.39. The topological polar surface area (TPSA) is 146 Å². The third kappa shape index (κ3) is 5.20. The number of carbonyl (C=O) groups excluding carboxylic acids is 2. The van der Waals surface area contributed by atoms with Gasteiger partial charge in [-0.1, -0.05) is 19.1 Å². The minimum absolute atomic E-state index is 0.0213. The van der Waals surface area contributed by atoms with E-state index in [0.717, 1.165) is 73.6 Å². The summed E-state index contributed by atoms with van der Waals surface area (Å²) in [5.74, 6) is 0.727. The quantitative estimate of drug-likeness (QED) is 0.239. The van der Waals surface area contributed by atoms with Gasteiger partial charge in [-0.25, -0.2) is 4.98 Å². The normalized spacial score (nSPS) is 19.4. The molecule has 13 heteroatoms. The Bertz CT molecular complexity index is 1750. The molecule has 13 nitrogen and oxygen atoms in total. The average Bonchev–Trinajstić information content (AvgIpc) is 3.93. The van der Waals surface area contributed by atoms with Gasteiger partial charge in [0.25, 0.3) is 5.91 Å². The summed E-state index contributed by atoms with van der Waals surface area (Å²) >= 11 is 0. The maximum atomic E-state index is 13.2. The van der Waals surface area contributed by atoms with Crippen molar-refractivity contribution in [3.05, 3.63) is 60.2 Å². The van der Waals surface area contributed by atoms with Crippen LogP contribution in [0, 0.1) is 5.92 Å². The van der Waals surface area contributed by atoms with Crippen LogP contribution in [0.3, 0.4) is 0 Å². The summed E-state index contributed by atoms with van der Waals surface area (Å²) in [6.07, 6.45) is 9.85. The molecule has 3 fully saturated rings. The summed E-state index contributed by atoms with van der Waals surface area (Å²) in [4.78, 5) is 34.6. The lowest BCUT2D eigenvalue weighted by molar-refractivity contribution is -0.117. The summed E-state index contributed by atoms with van der Waals surface area (Å²) in [6.45, 7) is 4.65. The number of aromatic nitrogens is 5. The van der Waals surface area contributed by atoms with Crippen LogP contribution < -0.4 is 20.9 Å². The van der Waals surface area contributed by atoms with E-state index < -0.39 is 0 Å². The molecule has 3 N–H and O–H groups in total. The van der Waals surface area contributed by atoms with Gasteiger partial charge in [0, 0.05) is 49.3 Å². The van der Waals surface area contributed by atoms with Crippen molar-refractivity contribution in [3.63, 3.8) is 0 Å². The van der Waals surface area contributed by atoms with Crippen LogP contribution >= 0.6 is 0 Å². The lowest BCUT2D eigenvalue weighted by Crippen LogP contribution is -2.48. The highest BCUT2D eigenvalue weighted by atomic mass is 16.3. The van der Waals surface area contributed by atoms with E-state index in [1.54, 1.807) is 18.5 Å². The largest absolute Gasteiger partial charge is 0.448 e. The molecule has 45 heavy (non-hydrogen) atoms. The minimum atomic E-state index is -0.280. The number of nitrogens with zero attached hydrogens (tertiary/aromatic N) is 7. The Morgan fingerprint density at radius 1 is 1.07 bits per heavy atom. The van der Waals surface area contributed by atoms with E-state index in [1.165, 1.54) is 5.69 Å². The molecular weight excluding hydrogens is 572 g/mol. The van der Waals surface area contributed by atoms with Gasteiger partial charge in [-0.15, -0.1) is 10.2 Å². The van der Waals surface area contributed by atoms with Crippen molar-refractivity contribution in [3.8, 4) is 11.1 Å². The molecule has 2 aliphatic carbocycles. The van der Waals surface area contributed by atoms with Crippen LogP contribution in [-0.4, -0.2) is 67.9 Å². The maximum Gasteiger partial charge on any atom is 0.274 e. The smallest absolute Gasteiger partial charge is 0.274 e. The Morgan fingerprint density at radius 2 is 1.91 bits per heavy atom. The number of hydrogen-bond donors (Lipinski definition) is 3. The van der Waals surface area contributed by atoms with Crippen molar-refractivity contribution in [2.24, 2.45) is 5.92 Å². The highest BCUT2D eigenvalue weighted by molar-refractivity contribution is 6.01. The Kier molecular flexibility index (Phi) is 6.77. The Balaban J connectivity index is 1.11. The Hall–Kier alpha value is -4.78. The lowest BCUT2D eigenvalue weighted by Gasteiger charge is -2.42. The second kappa shape index (κ2) is 11.0. The molecule has 232 valence electrons. The van der Waals surface area contributed by atoms with Gasteiger partial charge in [0.15, 0.2) is 11.5 Å². The Morgan fingerprint density at radius 3 is 2.64 bits per heavy atom. The molecular formula is C32H36N10O3. The van der Waals surface area contributed by atoms with E-state index in [0.29, 0.717) is 18.1 Å². The first-order chi connectivity index (χ1) is 22.0. The number of likely N-dealkylation sites (tertiary alicyclic amines) is 1.